The molecule has 1 saturated heterocycles. The minimum atomic E-state index is -0.767. The van der Waals surface area contributed by atoms with Crippen molar-refractivity contribution in [2.24, 2.45) is 5.92 Å². The molecule has 0 radical (unpaired) electrons. The second-order valence-corrected chi connectivity index (χ2v) is 6.37. The minimum Gasteiger partial charge on any atom is -0.360 e. The number of hydrogen-bond donors (Lipinski definition) is 1. The second kappa shape index (κ2) is 6.61. The van der Waals surface area contributed by atoms with E-state index < -0.39 is 5.60 Å². The van der Waals surface area contributed by atoms with Crippen LogP contribution in [-0.4, -0.2) is 19.1 Å². The van der Waals surface area contributed by atoms with Gasteiger partial charge in [0.2, 0.25) is 0 Å². The molecule has 1 amide bonds. The van der Waals surface area contributed by atoms with Gasteiger partial charge in [-0.05, 0) is 37.2 Å². The van der Waals surface area contributed by atoms with E-state index in [-0.39, 0.29) is 5.91 Å². The molecular weight excluding hydrogens is 262 g/mol. The van der Waals surface area contributed by atoms with Gasteiger partial charge in [-0.1, -0.05) is 49.6 Å². The number of rotatable bonds is 4. The van der Waals surface area contributed by atoms with Crippen LogP contribution in [0.4, 0.5) is 0 Å². The first-order valence-electron chi connectivity index (χ1n) is 8.29. The highest BCUT2D eigenvalue weighted by Gasteiger charge is 2.43. The zero-order valence-corrected chi connectivity index (χ0v) is 12.6. The molecule has 0 bridgehead atoms. The highest BCUT2D eigenvalue weighted by atomic mass is 16.5. The van der Waals surface area contributed by atoms with Crippen molar-refractivity contribution >= 4 is 5.91 Å². The molecule has 1 aromatic rings. The third kappa shape index (κ3) is 3.13. The Morgan fingerprint density at radius 2 is 1.86 bits per heavy atom. The molecule has 2 fully saturated rings. The molecule has 3 nitrogen and oxygen atoms in total. The average Bonchev–Trinajstić information content (AvgIpc) is 2.56. The van der Waals surface area contributed by atoms with Crippen LogP contribution < -0.4 is 5.32 Å². The van der Waals surface area contributed by atoms with Crippen LogP contribution in [0.3, 0.4) is 0 Å². The molecule has 1 N–H and O–H groups in total. The summed E-state index contributed by atoms with van der Waals surface area (Å²) in [5.74, 6) is 0.657. The van der Waals surface area contributed by atoms with Crippen molar-refractivity contribution in [2.75, 3.05) is 13.2 Å². The molecular formula is C18H25NO2. The Balaban J connectivity index is 1.77. The number of nitrogens with one attached hydrogen (secondary N) is 1. The first-order chi connectivity index (χ1) is 10.3. The monoisotopic (exact) mass is 287 g/mol. The van der Waals surface area contributed by atoms with E-state index in [1.807, 2.05) is 30.3 Å². The summed E-state index contributed by atoms with van der Waals surface area (Å²) in [6.45, 7) is 1.47. The van der Waals surface area contributed by atoms with E-state index in [1.165, 1.54) is 32.1 Å². The van der Waals surface area contributed by atoms with Gasteiger partial charge in [-0.15, -0.1) is 0 Å². The van der Waals surface area contributed by atoms with Crippen LogP contribution in [0.15, 0.2) is 30.3 Å². The van der Waals surface area contributed by atoms with Crippen LogP contribution in [-0.2, 0) is 15.1 Å². The molecule has 1 aromatic carbocycles. The molecule has 1 aliphatic carbocycles. The largest absolute Gasteiger partial charge is 0.360 e. The van der Waals surface area contributed by atoms with E-state index in [0.717, 1.165) is 24.9 Å². The first kappa shape index (κ1) is 14.6. The Morgan fingerprint density at radius 3 is 2.57 bits per heavy atom. The Morgan fingerprint density at radius 1 is 1.10 bits per heavy atom. The average molecular weight is 287 g/mol. The maximum absolute atomic E-state index is 12.6. The van der Waals surface area contributed by atoms with Crippen LogP contribution in [0.5, 0.6) is 0 Å². The minimum absolute atomic E-state index is 0.0377. The van der Waals surface area contributed by atoms with Crippen LogP contribution in [0.25, 0.3) is 0 Å². The number of ether oxygens (including phenoxy) is 1. The van der Waals surface area contributed by atoms with Gasteiger partial charge in [-0.2, -0.15) is 0 Å². The maximum Gasteiger partial charge on any atom is 0.256 e. The van der Waals surface area contributed by atoms with E-state index in [2.05, 4.69) is 5.32 Å². The summed E-state index contributed by atoms with van der Waals surface area (Å²) >= 11 is 0. The molecule has 0 spiro atoms. The van der Waals surface area contributed by atoms with Gasteiger partial charge in [0.15, 0.2) is 5.60 Å². The third-order valence-corrected chi connectivity index (χ3v) is 4.89. The van der Waals surface area contributed by atoms with Crippen LogP contribution >= 0.6 is 0 Å². The van der Waals surface area contributed by atoms with Gasteiger partial charge in [0.1, 0.15) is 0 Å². The van der Waals surface area contributed by atoms with E-state index in [0.29, 0.717) is 12.5 Å². The zero-order chi connectivity index (χ0) is 14.5. The predicted octanol–water partition coefficient (Wildman–Crippen LogP) is 3.39. The molecule has 2 aliphatic rings. The summed E-state index contributed by atoms with van der Waals surface area (Å²) in [6, 6.07) is 10.0. The van der Waals surface area contributed by atoms with Crippen LogP contribution in [0.2, 0.25) is 0 Å². The maximum atomic E-state index is 12.6. The van der Waals surface area contributed by atoms with Gasteiger partial charge in [-0.3, -0.25) is 4.79 Å². The van der Waals surface area contributed by atoms with Crippen molar-refractivity contribution in [3.63, 3.8) is 0 Å². The first-order valence-corrected chi connectivity index (χ1v) is 8.29. The Hall–Kier alpha value is -1.35. The molecule has 114 valence electrons. The molecule has 0 aromatic heterocycles. The Bertz CT molecular complexity index is 467. The quantitative estimate of drug-likeness (QED) is 0.922. The van der Waals surface area contributed by atoms with E-state index in [9.17, 15) is 4.79 Å². The van der Waals surface area contributed by atoms with E-state index in [1.54, 1.807) is 0 Å². The summed E-state index contributed by atoms with van der Waals surface area (Å²) in [5, 5.41) is 3.00. The van der Waals surface area contributed by atoms with Gasteiger partial charge in [0.25, 0.3) is 5.91 Å². The summed E-state index contributed by atoms with van der Waals surface area (Å²) in [4.78, 5) is 12.6. The molecule has 1 aliphatic heterocycles. The van der Waals surface area contributed by atoms with Gasteiger partial charge in [0, 0.05) is 6.54 Å². The number of carbonyl (C=O) groups is 1. The third-order valence-electron chi connectivity index (χ3n) is 4.89. The van der Waals surface area contributed by atoms with E-state index in [4.69, 9.17) is 4.74 Å². The van der Waals surface area contributed by atoms with Gasteiger partial charge in [0.05, 0.1) is 6.61 Å². The van der Waals surface area contributed by atoms with Crippen LogP contribution in [0.1, 0.15) is 50.5 Å². The van der Waals surface area contributed by atoms with Gasteiger partial charge >= 0.3 is 0 Å². The van der Waals surface area contributed by atoms with Crippen molar-refractivity contribution in [2.45, 2.75) is 50.5 Å². The highest BCUT2D eigenvalue weighted by Crippen LogP contribution is 2.35. The molecule has 1 atom stereocenters. The van der Waals surface area contributed by atoms with Crippen LogP contribution in [0, 0.1) is 5.92 Å². The summed E-state index contributed by atoms with van der Waals surface area (Å²) in [5.41, 5.74) is 0.231. The summed E-state index contributed by atoms with van der Waals surface area (Å²) < 4.78 is 6.30. The fourth-order valence-corrected chi connectivity index (χ4v) is 3.61. The molecule has 1 unspecified atom stereocenters. The fraction of sp³-hybridized carbons (Fsp3) is 0.611. The number of carbonyl (C=O) groups excluding carboxylic acids is 1. The lowest BCUT2D eigenvalue weighted by molar-refractivity contribution is -0.156. The van der Waals surface area contributed by atoms with Crippen molar-refractivity contribution in [1.82, 2.24) is 5.32 Å². The standard InChI is InChI=1S/C18H25NO2/c20-17-18(12-7-13-19-17,16-10-5-2-6-11-16)21-14-15-8-3-1-4-9-15/h2,5-6,10-11,15H,1,3-4,7-9,12-14H2,(H,19,20). The molecule has 21 heavy (non-hydrogen) atoms. The molecule has 1 saturated carbocycles. The molecule has 1 heterocycles. The fourth-order valence-electron chi connectivity index (χ4n) is 3.61. The molecule has 3 heteroatoms. The van der Waals surface area contributed by atoms with Crippen molar-refractivity contribution in [1.29, 1.82) is 0 Å². The lowest BCUT2D eigenvalue weighted by atomic mass is 9.84. The topological polar surface area (TPSA) is 38.3 Å². The van der Waals surface area contributed by atoms with Gasteiger partial charge in [-0.25, -0.2) is 0 Å². The molecule has 3 rings (SSSR count). The van der Waals surface area contributed by atoms with Gasteiger partial charge < -0.3 is 10.1 Å². The highest BCUT2D eigenvalue weighted by molar-refractivity contribution is 5.87. The van der Waals surface area contributed by atoms with Crippen molar-refractivity contribution < 1.29 is 9.53 Å². The van der Waals surface area contributed by atoms with Crippen molar-refractivity contribution in [3.8, 4) is 0 Å². The number of benzene rings is 1. The summed E-state index contributed by atoms with van der Waals surface area (Å²) in [6.07, 6.45) is 8.21. The Labute approximate surface area is 127 Å². The lowest BCUT2D eigenvalue weighted by Gasteiger charge is -2.38. The number of hydrogen-bond acceptors (Lipinski definition) is 2. The number of amides is 1. The predicted molar refractivity (Wildman–Crippen MR) is 82.9 cm³/mol. The normalized spacial score (nSPS) is 27.3. The van der Waals surface area contributed by atoms with Crippen molar-refractivity contribution in [3.05, 3.63) is 35.9 Å². The second-order valence-electron chi connectivity index (χ2n) is 6.37. The van der Waals surface area contributed by atoms with E-state index >= 15 is 0 Å². The smallest absolute Gasteiger partial charge is 0.256 e. The summed E-state index contributed by atoms with van der Waals surface area (Å²) in [7, 11) is 0. The Kier molecular flexibility index (Phi) is 4.59. The zero-order valence-electron chi connectivity index (χ0n) is 12.6. The number of piperidine rings is 1. The lowest BCUT2D eigenvalue weighted by Crippen LogP contribution is -2.51. The SMILES string of the molecule is O=C1NCCCC1(OCC1CCCCC1)c1ccccc1.